The molecule has 0 aromatic heterocycles. The molecule has 1 radical (unpaired) electrons. The lowest BCUT2D eigenvalue weighted by atomic mass is 10.0. The van der Waals surface area contributed by atoms with Crippen molar-refractivity contribution in [1.29, 1.82) is 0 Å². The third-order valence-electron chi connectivity index (χ3n) is 6.52. The first-order valence-corrected chi connectivity index (χ1v) is 14.2. The van der Waals surface area contributed by atoms with Crippen LogP contribution in [0.3, 0.4) is 0 Å². The highest BCUT2D eigenvalue weighted by Crippen LogP contribution is 2.15. The van der Waals surface area contributed by atoms with Gasteiger partial charge in [0.15, 0.2) is 0 Å². The molecule has 0 aromatic carbocycles. The lowest BCUT2D eigenvalue weighted by molar-refractivity contribution is 0.522. The van der Waals surface area contributed by atoms with E-state index in [-0.39, 0.29) is 0 Å². The van der Waals surface area contributed by atoms with Gasteiger partial charge in [0.1, 0.15) is 0 Å². The number of hydrogen-bond donors (Lipinski definition) is 0. The van der Waals surface area contributed by atoms with Gasteiger partial charge in [-0.15, -0.1) is 0 Å². The summed E-state index contributed by atoms with van der Waals surface area (Å²) in [5, 5.41) is 0. The average molecular weight is 408 g/mol. The van der Waals surface area contributed by atoms with E-state index >= 15 is 0 Å². The highest BCUT2D eigenvalue weighted by atomic mass is 14.0. The van der Waals surface area contributed by atoms with Crippen molar-refractivity contribution in [1.82, 2.24) is 0 Å². The van der Waals surface area contributed by atoms with E-state index in [9.17, 15) is 0 Å². The van der Waals surface area contributed by atoms with Crippen molar-refractivity contribution >= 4 is 0 Å². The molecule has 0 rings (SSSR count). The number of hydrogen-bond acceptors (Lipinski definition) is 0. The molecule has 0 aliphatic carbocycles. The second kappa shape index (κ2) is 28.0. The molecule has 0 fully saturated rings. The van der Waals surface area contributed by atoms with E-state index in [1.54, 1.807) is 0 Å². The predicted molar refractivity (Wildman–Crippen MR) is 136 cm³/mol. The summed E-state index contributed by atoms with van der Waals surface area (Å²) in [7, 11) is 0. The molecule has 0 atom stereocenters. The molecule has 0 aliphatic heterocycles. The van der Waals surface area contributed by atoms with Gasteiger partial charge in [0.2, 0.25) is 0 Å². The van der Waals surface area contributed by atoms with Gasteiger partial charge < -0.3 is 0 Å². The Morgan fingerprint density at radius 1 is 0.276 bits per heavy atom. The van der Waals surface area contributed by atoms with Gasteiger partial charge in [0.05, 0.1) is 0 Å². The van der Waals surface area contributed by atoms with Gasteiger partial charge in [-0.25, -0.2) is 0 Å². The maximum atomic E-state index is 2.56. The van der Waals surface area contributed by atoms with E-state index in [1.807, 2.05) is 0 Å². The Kier molecular flexibility index (Phi) is 28.0. The average Bonchev–Trinajstić information content (AvgIpc) is 2.74. The molecule has 0 amide bonds. The maximum absolute atomic E-state index is 2.56. The lowest BCUT2D eigenvalue weighted by Crippen LogP contribution is -1.85. The van der Waals surface area contributed by atoms with Crippen LogP contribution in [0.25, 0.3) is 0 Å². The first-order valence-electron chi connectivity index (χ1n) is 14.2. The summed E-state index contributed by atoms with van der Waals surface area (Å²) in [5.41, 5.74) is 0. The van der Waals surface area contributed by atoms with Gasteiger partial charge in [-0.1, -0.05) is 181 Å². The van der Waals surface area contributed by atoms with Crippen molar-refractivity contribution in [3.8, 4) is 0 Å². The quantitative estimate of drug-likeness (QED) is 0.125. The molecule has 0 aliphatic rings. The zero-order valence-corrected chi connectivity index (χ0v) is 21.0. The predicted octanol–water partition coefficient (Wildman–Crippen LogP) is 11.4. The van der Waals surface area contributed by atoms with Crippen molar-refractivity contribution in [2.75, 3.05) is 0 Å². The highest BCUT2D eigenvalue weighted by molar-refractivity contribution is 4.64. The fourth-order valence-electron chi connectivity index (χ4n) is 4.40. The van der Waals surface area contributed by atoms with Crippen molar-refractivity contribution in [2.45, 2.75) is 181 Å². The molecular formula is C29H59. The van der Waals surface area contributed by atoms with E-state index in [0.29, 0.717) is 0 Å². The van der Waals surface area contributed by atoms with Crippen LogP contribution in [0.4, 0.5) is 0 Å². The summed E-state index contributed by atoms with van der Waals surface area (Å²) in [4.78, 5) is 0. The Balaban J connectivity index is 2.97. The first-order chi connectivity index (χ1) is 14.4. The normalized spacial score (nSPS) is 11.4. The van der Waals surface area contributed by atoms with Crippen LogP contribution in [-0.4, -0.2) is 0 Å². The van der Waals surface area contributed by atoms with Gasteiger partial charge in [0, 0.05) is 0 Å². The fourth-order valence-corrected chi connectivity index (χ4v) is 4.40. The summed E-state index contributed by atoms with van der Waals surface area (Å²) in [6, 6.07) is 0. The molecule has 0 saturated carbocycles. The Labute approximate surface area is 187 Å². The van der Waals surface area contributed by atoms with Crippen LogP contribution < -0.4 is 0 Å². The monoisotopic (exact) mass is 407 g/mol. The molecule has 0 unspecified atom stereocenters. The molecular weight excluding hydrogens is 348 g/mol. The zero-order chi connectivity index (χ0) is 21.1. The topological polar surface area (TPSA) is 0 Å². The minimum absolute atomic E-state index is 1.36. The van der Waals surface area contributed by atoms with Crippen molar-refractivity contribution in [2.24, 2.45) is 0 Å². The summed E-state index contributed by atoms with van der Waals surface area (Å²) in [6.07, 6.45) is 40.4. The fraction of sp³-hybridized carbons (Fsp3) is 0.966. The lowest BCUT2D eigenvalue weighted by Gasteiger charge is -2.04. The Bertz CT molecular complexity index is 231. The molecule has 0 heterocycles. The van der Waals surface area contributed by atoms with Gasteiger partial charge in [-0.05, 0) is 6.42 Å². The van der Waals surface area contributed by atoms with Crippen molar-refractivity contribution in [3.63, 3.8) is 0 Å². The largest absolute Gasteiger partial charge is 0.0654 e. The Morgan fingerprint density at radius 3 is 0.724 bits per heavy atom. The van der Waals surface area contributed by atoms with E-state index in [1.165, 1.54) is 167 Å². The first kappa shape index (κ1) is 29.0. The summed E-state index contributed by atoms with van der Waals surface area (Å²) in [6.45, 7) is 4.60. The second-order valence-electron chi connectivity index (χ2n) is 9.64. The van der Waals surface area contributed by atoms with Gasteiger partial charge in [0.25, 0.3) is 0 Å². The van der Waals surface area contributed by atoms with Crippen LogP contribution in [0, 0.1) is 6.42 Å². The maximum Gasteiger partial charge on any atom is -0.0386 e. The molecule has 0 nitrogen and oxygen atoms in total. The SMILES string of the molecule is CCCCCCC[CH]CCCCCCCCCCCCCCCCCCCCC. The molecule has 0 aromatic rings. The smallest absolute Gasteiger partial charge is 0.0386 e. The molecule has 0 spiro atoms. The summed E-state index contributed by atoms with van der Waals surface area (Å²) in [5.74, 6) is 0. The summed E-state index contributed by atoms with van der Waals surface area (Å²) >= 11 is 0. The van der Waals surface area contributed by atoms with Crippen LogP contribution >= 0.6 is 0 Å². The third-order valence-corrected chi connectivity index (χ3v) is 6.52. The highest BCUT2D eigenvalue weighted by Gasteiger charge is 1.96. The van der Waals surface area contributed by atoms with Crippen LogP contribution in [0.1, 0.15) is 181 Å². The molecule has 29 heavy (non-hydrogen) atoms. The second-order valence-corrected chi connectivity index (χ2v) is 9.64. The van der Waals surface area contributed by atoms with Crippen LogP contribution in [0.15, 0.2) is 0 Å². The van der Waals surface area contributed by atoms with Gasteiger partial charge in [-0.2, -0.15) is 0 Å². The number of unbranched alkanes of at least 4 members (excludes halogenated alkanes) is 26. The Morgan fingerprint density at radius 2 is 0.483 bits per heavy atom. The van der Waals surface area contributed by atoms with Crippen molar-refractivity contribution < 1.29 is 0 Å². The summed E-state index contributed by atoms with van der Waals surface area (Å²) < 4.78 is 0. The van der Waals surface area contributed by atoms with Crippen LogP contribution in [-0.2, 0) is 0 Å². The third kappa shape index (κ3) is 28.0. The minimum Gasteiger partial charge on any atom is -0.0654 e. The van der Waals surface area contributed by atoms with E-state index < -0.39 is 0 Å². The van der Waals surface area contributed by atoms with Crippen LogP contribution in [0.2, 0.25) is 0 Å². The van der Waals surface area contributed by atoms with E-state index in [2.05, 4.69) is 20.3 Å². The minimum atomic E-state index is 1.36. The standard InChI is InChI=1S/C29H59/c1-3-5-7-9-11-13-15-17-19-21-23-25-27-29-28-26-24-22-20-18-16-14-12-10-8-6-4-2/h15H,3-14,16-29H2,1-2H3. The molecule has 175 valence electrons. The number of rotatable bonds is 26. The molecule has 0 heteroatoms. The zero-order valence-electron chi connectivity index (χ0n) is 21.0. The van der Waals surface area contributed by atoms with Gasteiger partial charge >= 0.3 is 0 Å². The molecule has 0 bridgehead atoms. The van der Waals surface area contributed by atoms with Gasteiger partial charge in [-0.3, -0.25) is 0 Å². The van der Waals surface area contributed by atoms with E-state index in [0.717, 1.165) is 0 Å². The molecule has 0 saturated heterocycles. The van der Waals surface area contributed by atoms with Crippen molar-refractivity contribution in [3.05, 3.63) is 6.42 Å². The van der Waals surface area contributed by atoms with E-state index in [4.69, 9.17) is 0 Å². The molecule has 0 N–H and O–H groups in total. The van der Waals surface area contributed by atoms with Crippen LogP contribution in [0.5, 0.6) is 0 Å². The Hall–Kier alpha value is 0.